The van der Waals surface area contributed by atoms with Gasteiger partial charge in [-0.2, -0.15) is 0 Å². The molecule has 6 nitrogen and oxygen atoms in total. The summed E-state index contributed by atoms with van der Waals surface area (Å²) in [6.07, 6.45) is 1.52. The summed E-state index contributed by atoms with van der Waals surface area (Å²) in [6, 6.07) is 2.99. The summed E-state index contributed by atoms with van der Waals surface area (Å²) in [5.41, 5.74) is -0.477. The maximum Gasteiger partial charge on any atom is 0.217 e. The van der Waals surface area contributed by atoms with Gasteiger partial charge in [-0.25, -0.2) is 0 Å². The third kappa shape index (κ3) is 1.74. The van der Waals surface area contributed by atoms with Gasteiger partial charge in [-0.05, 0) is 24.6 Å². The number of ketones is 1. The van der Waals surface area contributed by atoms with Crippen LogP contribution in [0.1, 0.15) is 18.6 Å². The Bertz CT molecular complexity index is 718. The monoisotopic (exact) mass is 304 g/mol. The van der Waals surface area contributed by atoms with E-state index >= 15 is 0 Å². The topological polar surface area (TPSA) is 85.2 Å². The van der Waals surface area contributed by atoms with Crippen molar-refractivity contribution in [1.29, 1.82) is 0 Å². The first-order valence-corrected chi connectivity index (χ1v) is 6.71. The van der Waals surface area contributed by atoms with Crippen LogP contribution in [0, 0.1) is 0 Å². The Kier molecular flexibility index (Phi) is 3.14. The van der Waals surface area contributed by atoms with Gasteiger partial charge in [0.25, 0.3) is 0 Å². The molecule has 6 heteroatoms. The van der Waals surface area contributed by atoms with Gasteiger partial charge in [0.05, 0.1) is 14.2 Å². The maximum absolute atomic E-state index is 11.7. The SMILES string of the molecule is COC1=CC(=O)C=C(C)[C@@]12Oc1c(O)cc(OC)cc1[C@H]2O. The van der Waals surface area contributed by atoms with Crippen LogP contribution in [-0.2, 0) is 9.53 Å². The van der Waals surface area contributed by atoms with E-state index in [0.29, 0.717) is 16.9 Å². The van der Waals surface area contributed by atoms with Crippen LogP contribution in [-0.4, -0.2) is 35.8 Å². The molecule has 0 amide bonds. The number of allylic oxidation sites excluding steroid dienone is 2. The van der Waals surface area contributed by atoms with Crippen molar-refractivity contribution in [1.82, 2.24) is 0 Å². The zero-order valence-corrected chi connectivity index (χ0v) is 12.4. The first-order valence-electron chi connectivity index (χ1n) is 6.71. The minimum Gasteiger partial charge on any atom is -0.504 e. The zero-order valence-electron chi connectivity index (χ0n) is 12.4. The minimum atomic E-state index is -1.35. The summed E-state index contributed by atoms with van der Waals surface area (Å²) in [7, 11) is 2.86. The van der Waals surface area contributed by atoms with Gasteiger partial charge in [-0.3, -0.25) is 4.79 Å². The van der Waals surface area contributed by atoms with Gasteiger partial charge < -0.3 is 24.4 Å². The van der Waals surface area contributed by atoms with Gasteiger partial charge in [0.15, 0.2) is 23.0 Å². The molecule has 2 N–H and O–H groups in total. The van der Waals surface area contributed by atoms with Crippen LogP contribution >= 0.6 is 0 Å². The summed E-state index contributed by atoms with van der Waals surface area (Å²) < 4.78 is 16.2. The molecule has 0 fully saturated rings. The number of aliphatic hydroxyl groups excluding tert-OH is 1. The Labute approximate surface area is 127 Å². The molecule has 2 atom stereocenters. The van der Waals surface area contributed by atoms with Gasteiger partial charge in [0.1, 0.15) is 11.9 Å². The molecule has 0 bridgehead atoms. The average Bonchev–Trinajstić information content (AvgIpc) is 2.78. The summed E-state index contributed by atoms with van der Waals surface area (Å²) >= 11 is 0. The third-order valence-corrected chi connectivity index (χ3v) is 4.05. The van der Waals surface area contributed by atoms with Gasteiger partial charge in [0, 0.05) is 17.7 Å². The number of fused-ring (bicyclic) bond motifs is 1. The lowest BCUT2D eigenvalue weighted by atomic mass is 9.81. The Hall–Kier alpha value is -2.47. The number of hydrogen-bond donors (Lipinski definition) is 2. The fraction of sp³-hybridized carbons (Fsp3) is 0.312. The molecular formula is C16H16O6. The Morgan fingerprint density at radius 1 is 1.23 bits per heavy atom. The van der Waals surface area contributed by atoms with E-state index in [1.807, 2.05) is 0 Å². The predicted octanol–water partition coefficient (Wildman–Crippen LogP) is 1.62. The second kappa shape index (κ2) is 4.78. The Morgan fingerprint density at radius 3 is 2.59 bits per heavy atom. The van der Waals surface area contributed by atoms with Crippen LogP contribution in [0.3, 0.4) is 0 Å². The van der Waals surface area contributed by atoms with Gasteiger partial charge in [0.2, 0.25) is 5.60 Å². The van der Waals surface area contributed by atoms with Crippen molar-refractivity contribution < 1.29 is 29.2 Å². The predicted molar refractivity (Wildman–Crippen MR) is 76.8 cm³/mol. The fourth-order valence-electron chi connectivity index (χ4n) is 2.96. The molecule has 1 aromatic carbocycles. The van der Waals surface area contributed by atoms with Gasteiger partial charge in [-0.15, -0.1) is 0 Å². The molecule has 3 rings (SSSR count). The molecule has 1 heterocycles. The molecule has 1 spiro atoms. The molecule has 2 aliphatic rings. The molecule has 0 saturated carbocycles. The van der Waals surface area contributed by atoms with Crippen molar-refractivity contribution in [2.45, 2.75) is 18.6 Å². The number of hydrogen-bond acceptors (Lipinski definition) is 6. The van der Waals surface area contributed by atoms with E-state index in [4.69, 9.17) is 14.2 Å². The minimum absolute atomic E-state index is 0.148. The highest BCUT2D eigenvalue weighted by Crippen LogP contribution is 2.55. The highest BCUT2D eigenvalue weighted by atomic mass is 16.6. The van der Waals surface area contributed by atoms with E-state index in [1.54, 1.807) is 13.0 Å². The summed E-state index contributed by atoms with van der Waals surface area (Å²) in [6.45, 7) is 1.67. The number of carbonyl (C=O) groups excluding carboxylic acids is 1. The van der Waals surface area contributed by atoms with E-state index in [9.17, 15) is 15.0 Å². The van der Waals surface area contributed by atoms with Crippen molar-refractivity contribution in [2.24, 2.45) is 0 Å². The lowest BCUT2D eigenvalue weighted by Gasteiger charge is -2.35. The highest BCUT2D eigenvalue weighted by Gasteiger charge is 2.56. The lowest BCUT2D eigenvalue weighted by Crippen LogP contribution is -2.44. The molecule has 1 aliphatic heterocycles. The lowest BCUT2D eigenvalue weighted by molar-refractivity contribution is -0.111. The van der Waals surface area contributed by atoms with Crippen molar-refractivity contribution in [2.75, 3.05) is 14.2 Å². The number of benzene rings is 1. The molecule has 0 saturated heterocycles. The zero-order chi connectivity index (χ0) is 16.1. The van der Waals surface area contributed by atoms with Crippen LogP contribution in [0.25, 0.3) is 0 Å². The van der Waals surface area contributed by atoms with Crippen LogP contribution in [0.5, 0.6) is 17.2 Å². The van der Waals surface area contributed by atoms with Crippen molar-refractivity contribution in [3.63, 3.8) is 0 Å². The number of phenols is 1. The molecular weight excluding hydrogens is 288 g/mol. The molecule has 22 heavy (non-hydrogen) atoms. The molecule has 1 aliphatic carbocycles. The quantitative estimate of drug-likeness (QED) is 0.863. The summed E-state index contributed by atoms with van der Waals surface area (Å²) in [4.78, 5) is 11.7. The fourth-order valence-corrected chi connectivity index (χ4v) is 2.96. The van der Waals surface area contributed by atoms with Crippen molar-refractivity contribution in [3.8, 4) is 17.2 Å². The molecule has 0 unspecified atom stereocenters. The standard InChI is InChI=1S/C16H16O6/c1-8-4-9(17)5-13(21-3)16(8)15(19)11-6-10(20-2)7-12(18)14(11)22-16/h4-7,15,18-19H,1-3H3/t15-,16-/m1/s1. The number of aromatic hydroxyl groups is 1. The molecule has 0 aromatic heterocycles. The number of methoxy groups -OCH3 is 2. The van der Waals surface area contributed by atoms with Crippen LogP contribution in [0.2, 0.25) is 0 Å². The average molecular weight is 304 g/mol. The number of rotatable bonds is 2. The largest absolute Gasteiger partial charge is 0.504 e. The number of carbonyl (C=O) groups is 1. The van der Waals surface area contributed by atoms with E-state index in [-0.39, 0.29) is 23.0 Å². The third-order valence-electron chi connectivity index (χ3n) is 4.05. The van der Waals surface area contributed by atoms with Crippen LogP contribution in [0.4, 0.5) is 0 Å². The Balaban J connectivity index is 2.19. The molecule has 1 aromatic rings. The Morgan fingerprint density at radius 2 is 1.95 bits per heavy atom. The second-order valence-corrected chi connectivity index (χ2v) is 5.25. The van der Waals surface area contributed by atoms with E-state index < -0.39 is 11.7 Å². The van der Waals surface area contributed by atoms with Crippen molar-refractivity contribution >= 4 is 5.78 Å². The summed E-state index contributed by atoms with van der Waals surface area (Å²) in [5, 5.41) is 20.9. The van der Waals surface area contributed by atoms with Crippen LogP contribution < -0.4 is 9.47 Å². The van der Waals surface area contributed by atoms with E-state index in [0.717, 1.165) is 0 Å². The number of aliphatic hydroxyl groups is 1. The number of phenolic OH excluding ortho intramolecular Hbond substituents is 1. The van der Waals surface area contributed by atoms with Gasteiger partial charge >= 0.3 is 0 Å². The van der Waals surface area contributed by atoms with Crippen molar-refractivity contribution in [3.05, 3.63) is 41.2 Å². The first-order chi connectivity index (χ1) is 10.4. The first kappa shape index (κ1) is 14.5. The maximum atomic E-state index is 11.7. The van der Waals surface area contributed by atoms with Crippen LogP contribution in [0.15, 0.2) is 35.6 Å². The summed E-state index contributed by atoms with van der Waals surface area (Å²) in [5.74, 6) is 0.351. The normalized spacial score (nSPS) is 26.2. The van der Waals surface area contributed by atoms with E-state index in [1.165, 1.54) is 32.4 Å². The smallest absolute Gasteiger partial charge is 0.217 e. The van der Waals surface area contributed by atoms with Gasteiger partial charge in [-0.1, -0.05) is 0 Å². The highest BCUT2D eigenvalue weighted by molar-refractivity contribution is 6.02. The molecule has 0 radical (unpaired) electrons. The van der Waals surface area contributed by atoms with E-state index in [2.05, 4.69) is 0 Å². The molecule has 116 valence electrons. The second-order valence-electron chi connectivity index (χ2n) is 5.25. The number of ether oxygens (including phenoxy) is 3.